The standard InChI is InChI=1S/C14H23N3O3/c1-4-19-14(18)13-12(8-10(2)3)17(16-15-13)9-11-6-5-7-20-11/h10-11H,4-9H2,1-3H3. The molecule has 1 fully saturated rings. The quantitative estimate of drug-likeness (QED) is 0.744. The van der Waals surface area contributed by atoms with Crippen LogP contribution in [0.2, 0.25) is 0 Å². The lowest BCUT2D eigenvalue weighted by molar-refractivity contribution is 0.0517. The van der Waals surface area contributed by atoms with Crippen LogP contribution >= 0.6 is 0 Å². The molecule has 1 aliphatic heterocycles. The summed E-state index contributed by atoms with van der Waals surface area (Å²) in [6.07, 6.45) is 3.06. The summed E-state index contributed by atoms with van der Waals surface area (Å²) >= 11 is 0. The predicted molar refractivity (Wildman–Crippen MR) is 73.5 cm³/mol. The molecular formula is C14H23N3O3. The van der Waals surface area contributed by atoms with E-state index in [1.807, 2.05) is 4.68 Å². The molecule has 1 atom stereocenters. The van der Waals surface area contributed by atoms with Crippen LogP contribution in [-0.4, -0.2) is 40.3 Å². The normalized spacial score (nSPS) is 18.7. The number of carbonyl (C=O) groups is 1. The Morgan fingerprint density at radius 1 is 1.55 bits per heavy atom. The van der Waals surface area contributed by atoms with Gasteiger partial charge in [-0.1, -0.05) is 19.1 Å². The van der Waals surface area contributed by atoms with Crippen molar-refractivity contribution in [2.75, 3.05) is 13.2 Å². The van der Waals surface area contributed by atoms with Gasteiger partial charge in [0.15, 0.2) is 5.69 Å². The van der Waals surface area contributed by atoms with Crippen molar-refractivity contribution in [3.63, 3.8) is 0 Å². The molecule has 112 valence electrons. The number of ether oxygens (including phenoxy) is 2. The van der Waals surface area contributed by atoms with Crippen molar-refractivity contribution in [3.05, 3.63) is 11.4 Å². The molecule has 6 heteroatoms. The van der Waals surface area contributed by atoms with Gasteiger partial charge in [-0.05, 0) is 32.1 Å². The number of hydrogen-bond acceptors (Lipinski definition) is 5. The van der Waals surface area contributed by atoms with E-state index in [0.717, 1.165) is 31.6 Å². The predicted octanol–water partition coefficient (Wildman–Crippen LogP) is 1.83. The van der Waals surface area contributed by atoms with Crippen molar-refractivity contribution in [2.45, 2.75) is 52.7 Å². The SMILES string of the molecule is CCOC(=O)c1nnn(CC2CCCO2)c1CC(C)C. The van der Waals surface area contributed by atoms with E-state index in [1.165, 1.54) is 0 Å². The van der Waals surface area contributed by atoms with Crippen LogP contribution in [0.5, 0.6) is 0 Å². The lowest BCUT2D eigenvalue weighted by atomic mass is 10.1. The van der Waals surface area contributed by atoms with E-state index in [-0.39, 0.29) is 12.1 Å². The van der Waals surface area contributed by atoms with Crippen LogP contribution in [0.3, 0.4) is 0 Å². The molecule has 2 heterocycles. The van der Waals surface area contributed by atoms with Crippen LogP contribution in [0, 0.1) is 5.92 Å². The van der Waals surface area contributed by atoms with E-state index in [0.29, 0.717) is 24.8 Å². The average molecular weight is 281 g/mol. The molecule has 0 aliphatic carbocycles. The Kier molecular flexibility index (Phi) is 5.11. The molecule has 1 aromatic heterocycles. The van der Waals surface area contributed by atoms with E-state index in [9.17, 15) is 4.79 Å². The van der Waals surface area contributed by atoms with Gasteiger partial charge in [-0.15, -0.1) is 5.10 Å². The zero-order valence-corrected chi connectivity index (χ0v) is 12.5. The fourth-order valence-corrected chi connectivity index (χ4v) is 2.41. The molecule has 0 radical (unpaired) electrons. The highest BCUT2D eigenvalue weighted by atomic mass is 16.5. The van der Waals surface area contributed by atoms with Crippen LogP contribution in [-0.2, 0) is 22.4 Å². The fraction of sp³-hybridized carbons (Fsp3) is 0.786. The highest BCUT2D eigenvalue weighted by Gasteiger charge is 2.24. The van der Waals surface area contributed by atoms with Crippen LogP contribution in [0.1, 0.15) is 49.8 Å². The van der Waals surface area contributed by atoms with Gasteiger partial charge in [-0.2, -0.15) is 0 Å². The lowest BCUT2D eigenvalue weighted by Gasteiger charge is -2.13. The smallest absolute Gasteiger partial charge is 0.360 e. The maximum atomic E-state index is 11.9. The third kappa shape index (κ3) is 3.56. The molecule has 0 amide bonds. The van der Waals surface area contributed by atoms with E-state index in [4.69, 9.17) is 9.47 Å². The maximum absolute atomic E-state index is 11.9. The molecule has 0 aromatic carbocycles. The van der Waals surface area contributed by atoms with Crippen molar-refractivity contribution >= 4 is 5.97 Å². The molecule has 0 N–H and O–H groups in total. The summed E-state index contributed by atoms with van der Waals surface area (Å²) in [5.41, 5.74) is 1.20. The topological polar surface area (TPSA) is 66.2 Å². The van der Waals surface area contributed by atoms with Crippen LogP contribution in [0.25, 0.3) is 0 Å². The van der Waals surface area contributed by atoms with Gasteiger partial charge in [-0.3, -0.25) is 0 Å². The van der Waals surface area contributed by atoms with Gasteiger partial charge in [0.05, 0.1) is 24.9 Å². The summed E-state index contributed by atoms with van der Waals surface area (Å²) in [5.74, 6) is 0.0339. The molecule has 2 rings (SSSR count). The first kappa shape index (κ1) is 15.0. The minimum atomic E-state index is -0.387. The Bertz CT molecular complexity index is 451. The van der Waals surface area contributed by atoms with Gasteiger partial charge in [0.1, 0.15) is 0 Å². The third-order valence-electron chi connectivity index (χ3n) is 3.31. The second kappa shape index (κ2) is 6.83. The van der Waals surface area contributed by atoms with Crippen LogP contribution in [0.15, 0.2) is 0 Å². The molecule has 1 aliphatic rings. The summed E-state index contributed by atoms with van der Waals surface area (Å²) < 4.78 is 12.5. The van der Waals surface area contributed by atoms with E-state index in [1.54, 1.807) is 6.92 Å². The van der Waals surface area contributed by atoms with Gasteiger partial charge in [-0.25, -0.2) is 9.48 Å². The van der Waals surface area contributed by atoms with Gasteiger partial charge in [0.2, 0.25) is 0 Å². The fourth-order valence-electron chi connectivity index (χ4n) is 2.41. The minimum absolute atomic E-state index is 0.178. The molecule has 0 spiro atoms. The Labute approximate surface area is 119 Å². The summed E-state index contributed by atoms with van der Waals surface area (Å²) in [7, 11) is 0. The number of nitrogens with zero attached hydrogens (tertiary/aromatic N) is 3. The first-order valence-corrected chi connectivity index (χ1v) is 7.32. The van der Waals surface area contributed by atoms with Gasteiger partial charge in [0.25, 0.3) is 0 Å². The summed E-state index contributed by atoms with van der Waals surface area (Å²) in [4.78, 5) is 11.9. The van der Waals surface area contributed by atoms with Gasteiger partial charge >= 0.3 is 5.97 Å². The van der Waals surface area contributed by atoms with Gasteiger partial charge < -0.3 is 9.47 Å². The highest BCUT2D eigenvalue weighted by molar-refractivity contribution is 5.88. The Morgan fingerprint density at radius 2 is 2.35 bits per heavy atom. The van der Waals surface area contributed by atoms with E-state index < -0.39 is 0 Å². The Balaban J connectivity index is 2.19. The molecule has 1 saturated heterocycles. The summed E-state index contributed by atoms with van der Waals surface area (Å²) in [6, 6.07) is 0. The van der Waals surface area contributed by atoms with Crippen LogP contribution < -0.4 is 0 Å². The number of carbonyl (C=O) groups excluding carboxylic acids is 1. The molecule has 1 aromatic rings. The Hall–Kier alpha value is -1.43. The third-order valence-corrected chi connectivity index (χ3v) is 3.31. The minimum Gasteiger partial charge on any atom is -0.461 e. The lowest BCUT2D eigenvalue weighted by Crippen LogP contribution is -2.20. The molecule has 0 saturated carbocycles. The number of aromatic nitrogens is 3. The Morgan fingerprint density at radius 3 is 2.95 bits per heavy atom. The number of rotatable bonds is 6. The first-order valence-electron chi connectivity index (χ1n) is 7.32. The highest BCUT2D eigenvalue weighted by Crippen LogP contribution is 2.18. The monoisotopic (exact) mass is 281 g/mol. The van der Waals surface area contributed by atoms with Crippen molar-refractivity contribution in [1.29, 1.82) is 0 Å². The molecule has 0 bridgehead atoms. The second-order valence-corrected chi connectivity index (χ2v) is 5.52. The number of esters is 1. The summed E-state index contributed by atoms with van der Waals surface area (Å²) in [5, 5.41) is 8.13. The molecule has 20 heavy (non-hydrogen) atoms. The largest absolute Gasteiger partial charge is 0.461 e. The van der Waals surface area contributed by atoms with Crippen molar-refractivity contribution < 1.29 is 14.3 Å². The average Bonchev–Trinajstić information content (AvgIpc) is 3.01. The second-order valence-electron chi connectivity index (χ2n) is 5.52. The molecular weight excluding hydrogens is 258 g/mol. The molecule has 1 unspecified atom stereocenters. The first-order chi connectivity index (χ1) is 9.61. The maximum Gasteiger partial charge on any atom is 0.360 e. The zero-order valence-electron chi connectivity index (χ0n) is 12.5. The van der Waals surface area contributed by atoms with Gasteiger partial charge in [0, 0.05) is 6.61 Å². The van der Waals surface area contributed by atoms with Crippen molar-refractivity contribution in [3.8, 4) is 0 Å². The summed E-state index contributed by atoms with van der Waals surface area (Å²) in [6.45, 7) is 7.82. The molecule has 6 nitrogen and oxygen atoms in total. The van der Waals surface area contributed by atoms with Crippen molar-refractivity contribution in [1.82, 2.24) is 15.0 Å². The van der Waals surface area contributed by atoms with Crippen molar-refractivity contribution in [2.24, 2.45) is 5.92 Å². The van der Waals surface area contributed by atoms with E-state index >= 15 is 0 Å². The van der Waals surface area contributed by atoms with Crippen LogP contribution in [0.4, 0.5) is 0 Å². The number of hydrogen-bond donors (Lipinski definition) is 0. The zero-order chi connectivity index (χ0) is 14.5. The van der Waals surface area contributed by atoms with E-state index in [2.05, 4.69) is 24.2 Å².